The zero-order chi connectivity index (χ0) is 18.7. The Morgan fingerprint density at radius 1 is 0.857 bits per heavy atom. The van der Waals surface area contributed by atoms with E-state index in [9.17, 15) is 0 Å². The van der Waals surface area contributed by atoms with E-state index >= 15 is 0 Å². The fraction of sp³-hybridized carbons (Fsp3) is 0.174. The summed E-state index contributed by atoms with van der Waals surface area (Å²) >= 11 is 0. The summed E-state index contributed by atoms with van der Waals surface area (Å²) in [5, 5.41) is 16.2. The third-order valence-corrected chi connectivity index (χ3v) is 6.10. The highest BCUT2D eigenvalue weighted by molar-refractivity contribution is 5.89. The summed E-state index contributed by atoms with van der Waals surface area (Å²) in [6, 6.07) is 21.7. The van der Waals surface area contributed by atoms with Gasteiger partial charge in [0.2, 0.25) is 0 Å². The molecular formula is C23H20N4O. The predicted molar refractivity (Wildman–Crippen MR) is 111 cm³/mol. The van der Waals surface area contributed by atoms with Crippen LogP contribution in [-0.2, 0) is 0 Å². The quantitative estimate of drug-likeness (QED) is 0.466. The highest BCUT2D eigenvalue weighted by atomic mass is 16.5. The summed E-state index contributed by atoms with van der Waals surface area (Å²) < 4.78 is 5.35. The lowest BCUT2D eigenvalue weighted by Gasteiger charge is -2.38. The topological polar surface area (TPSA) is 62.0 Å². The van der Waals surface area contributed by atoms with Gasteiger partial charge in [-0.25, -0.2) is 0 Å². The van der Waals surface area contributed by atoms with Crippen molar-refractivity contribution in [3.63, 3.8) is 0 Å². The maximum Gasteiger partial charge on any atom is 0.118 e. The van der Waals surface area contributed by atoms with Gasteiger partial charge in [0.15, 0.2) is 0 Å². The first-order valence-corrected chi connectivity index (χ1v) is 9.55. The molecule has 0 saturated carbocycles. The van der Waals surface area contributed by atoms with Crippen molar-refractivity contribution in [3.05, 3.63) is 83.6 Å². The Morgan fingerprint density at radius 2 is 1.68 bits per heavy atom. The molecule has 1 aromatic heterocycles. The number of aromatic amines is 1. The normalized spacial score (nSPS) is 22.0. The van der Waals surface area contributed by atoms with E-state index in [1.54, 1.807) is 7.11 Å². The molecule has 0 fully saturated rings. The molecular weight excluding hydrogens is 348 g/mol. The van der Waals surface area contributed by atoms with E-state index < -0.39 is 0 Å². The number of nitrogens with one attached hydrogen (secondary N) is 3. The van der Waals surface area contributed by atoms with Crippen molar-refractivity contribution in [3.8, 4) is 5.75 Å². The average molecular weight is 368 g/mol. The predicted octanol–water partition coefficient (Wildman–Crippen LogP) is 4.99. The lowest BCUT2D eigenvalue weighted by atomic mass is 9.77. The van der Waals surface area contributed by atoms with Crippen LogP contribution in [0.25, 0.3) is 10.9 Å². The molecule has 3 atom stereocenters. The third-order valence-electron chi connectivity index (χ3n) is 6.10. The van der Waals surface area contributed by atoms with E-state index in [0.29, 0.717) is 0 Å². The van der Waals surface area contributed by atoms with Crippen molar-refractivity contribution in [1.82, 2.24) is 10.2 Å². The second kappa shape index (κ2) is 5.76. The van der Waals surface area contributed by atoms with Crippen LogP contribution in [-0.4, -0.2) is 17.3 Å². The number of H-pyrrole nitrogens is 1. The zero-order valence-corrected chi connectivity index (χ0v) is 15.4. The number of benzene rings is 3. The minimum Gasteiger partial charge on any atom is -0.497 e. The first-order valence-electron chi connectivity index (χ1n) is 9.55. The monoisotopic (exact) mass is 368 g/mol. The number of aromatic nitrogens is 2. The van der Waals surface area contributed by atoms with Gasteiger partial charge in [0.05, 0.1) is 30.9 Å². The molecule has 6 rings (SSSR count). The summed E-state index contributed by atoms with van der Waals surface area (Å²) in [7, 11) is 1.70. The minimum atomic E-state index is 0.167. The largest absolute Gasteiger partial charge is 0.497 e. The smallest absolute Gasteiger partial charge is 0.118 e. The molecule has 0 unspecified atom stereocenters. The Kier molecular flexibility index (Phi) is 3.20. The zero-order valence-electron chi connectivity index (χ0n) is 15.4. The lowest BCUT2D eigenvalue weighted by Crippen LogP contribution is -2.30. The molecule has 2 aliphatic rings. The van der Waals surface area contributed by atoms with Crippen LogP contribution < -0.4 is 15.4 Å². The lowest BCUT2D eigenvalue weighted by molar-refractivity contribution is 0.414. The molecule has 3 heterocycles. The van der Waals surface area contributed by atoms with E-state index in [1.165, 1.54) is 22.4 Å². The summed E-state index contributed by atoms with van der Waals surface area (Å²) in [6.45, 7) is 0. The van der Waals surface area contributed by atoms with Gasteiger partial charge in [-0.2, -0.15) is 5.10 Å². The van der Waals surface area contributed by atoms with E-state index in [1.807, 2.05) is 18.3 Å². The molecule has 2 aliphatic heterocycles. The average Bonchev–Trinajstić information content (AvgIpc) is 3.37. The number of hydrogen-bond donors (Lipinski definition) is 3. The number of rotatable bonds is 2. The fourth-order valence-corrected chi connectivity index (χ4v) is 4.82. The van der Waals surface area contributed by atoms with E-state index in [4.69, 9.17) is 4.74 Å². The SMILES string of the molecule is COc1ccc([C@@H]2Nc3ccc4cn[nH]c4c3[C@H]3Nc4ccccc4[C@H]32)cc1. The van der Waals surface area contributed by atoms with Crippen LogP contribution in [0, 0.1) is 0 Å². The molecule has 0 spiro atoms. The second-order valence-corrected chi connectivity index (χ2v) is 7.49. The molecule has 0 bridgehead atoms. The first kappa shape index (κ1) is 15.6. The minimum absolute atomic E-state index is 0.167. The molecule has 0 aliphatic carbocycles. The third kappa shape index (κ3) is 2.10. The molecule has 138 valence electrons. The molecule has 4 aromatic rings. The van der Waals surface area contributed by atoms with Gasteiger partial charge in [-0.15, -0.1) is 0 Å². The number of fused-ring (bicyclic) bond motifs is 7. The molecule has 3 aromatic carbocycles. The Labute approximate surface area is 162 Å². The van der Waals surface area contributed by atoms with Crippen molar-refractivity contribution >= 4 is 22.3 Å². The van der Waals surface area contributed by atoms with Crippen LogP contribution in [0.4, 0.5) is 11.4 Å². The van der Waals surface area contributed by atoms with Crippen LogP contribution in [0.15, 0.2) is 66.9 Å². The standard InChI is InChI=1S/C23H20N4O/c1-28-15-9-6-13(7-10-15)21-19-16-4-2-3-5-17(16)25-23(19)20-18(26-21)11-8-14-12-24-27-22(14)20/h2-12,19,21,23,25-26H,1H3,(H,24,27)/t19-,21-,23-/m0/s1. The van der Waals surface area contributed by atoms with Crippen LogP contribution >= 0.6 is 0 Å². The number of para-hydroxylation sites is 1. The highest BCUT2D eigenvalue weighted by Gasteiger charge is 2.44. The van der Waals surface area contributed by atoms with Gasteiger partial charge >= 0.3 is 0 Å². The maximum absolute atomic E-state index is 5.35. The van der Waals surface area contributed by atoms with Gasteiger partial charge in [0.1, 0.15) is 5.75 Å². The summed E-state index contributed by atoms with van der Waals surface area (Å²) in [6.07, 6.45) is 1.89. The van der Waals surface area contributed by atoms with Gasteiger partial charge < -0.3 is 15.4 Å². The number of anilines is 2. The summed E-state index contributed by atoms with van der Waals surface area (Å²) in [4.78, 5) is 0. The molecule has 5 nitrogen and oxygen atoms in total. The molecule has 28 heavy (non-hydrogen) atoms. The van der Waals surface area contributed by atoms with Crippen LogP contribution in [0.3, 0.4) is 0 Å². The van der Waals surface area contributed by atoms with Crippen molar-refractivity contribution in [2.24, 2.45) is 0 Å². The highest BCUT2D eigenvalue weighted by Crippen LogP contribution is 2.56. The molecule has 0 amide bonds. The number of ether oxygens (including phenoxy) is 1. The van der Waals surface area contributed by atoms with Crippen molar-refractivity contribution in [1.29, 1.82) is 0 Å². The van der Waals surface area contributed by atoms with Crippen LogP contribution in [0.5, 0.6) is 5.75 Å². The number of hydrogen-bond acceptors (Lipinski definition) is 4. The van der Waals surface area contributed by atoms with Gasteiger partial charge in [-0.3, -0.25) is 5.10 Å². The Balaban J connectivity index is 1.56. The number of nitrogens with zero attached hydrogens (tertiary/aromatic N) is 1. The van der Waals surface area contributed by atoms with Crippen molar-refractivity contribution in [2.45, 2.75) is 18.0 Å². The second-order valence-electron chi connectivity index (χ2n) is 7.49. The van der Waals surface area contributed by atoms with Gasteiger partial charge in [0.25, 0.3) is 0 Å². The summed E-state index contributed by atoms with van der Waals surface area (Å²) in [5.74, 6) is 1.16. The Hall–Kier alpha value is -3.47. The summed E-state index contributed by atoms with van der Waals surface area (Å²) in [5.41, 5.74) is 7.34. The van der Waals surface area contributed by atoms with Crippen LogP contribution in [0.1, 0.15) is 34.7 Å². The van der Waals surface area contributed by atoms with Gasteiger partial charge in [-0.1, -0.05) is 30.3 Å². The number of methoxy groups -OCH3 is 1. The Morgan fingerprint density at radius 3 is 2.54 bits per heavy atom. The van der Waals surface area contributed by atoms with E-state index in [2.05, 4.69) is 69.4 Å². The molecule has 3 N–H and O–H groups in total. The molecule has 5 heteroatoms. The van der Waals surface area contributed by atoms with E-state index in [0.717, 1.165) is 22.3 Å². The molecule has 0 radical (unpaired) electrons. The van der Waals surface area contributed by atoms with Gasteiger partial charge in [-0.05, 0) is 41.5 Å². The Bertz CT molecular complexity index is 1180. The fourth-order valence-electron chi connectivity index (χ4n) is 4.82. The first-order chi connectivity index (χ1) is 13.8. The van der Waals surface area contributed by atoms with Crippen molar-refractivity contribution in [2.75, 3.05) is 17.7 Å². The van der Waals surface area contributed by atoms with Crippen molar-refractivity contribution < 1.29 is 4.74 Å². The van der Waals surface area contributed by atoms with Gasteiger partial charge in [0, 0.05) is 28.2 Å². The maximum atomic E-state index is 5.35. The van der Waals surface area contributed by atoms with E-state index in [-0.39, 0.29) is 18.0 Å². The van der Waals surface area contributed by atoms with Crippen LogP contribution in [0.2, 0.25) is 0 Å². The molecule has 0 saturated heterocycles.